The molecule has 3 nitrogen and oxygen atoms in total. The van der Waals surface area contributed by atoms with Gasteiger partial charge in [-0.1, -0.05) is 76.6 Å². The molecule has 36 heavy (non-hydrogen) atoms. The van der Waals surface area contributed by atoms with E-state index in [9.17, 15) is 0 Å². The number of rotatable bonds is 6. The van der Waals surface area contributed by atoms with Crippen LogP contribution in [0.25, 0.3) is 0 Å². The molecule has 0 bridgehead atoms. The number of aryl methyl sites for hydroxylation is 2. The van der Waals surface area contributed by atoms with Crippen LogP contribution in [0.1, 0.15) is 92.2 Å². The number of allylic oxidation sites excluding steroid dienone is 3. The Labute approximate surface area is 221 Å². The van der Waals surface area contributed by atoms with Crippen LogP contribution < -0.4 is 5.32 Å². The van der Waals surface area contributed by atoms with Crippen molar-refractivity contribution in [3.63, 3.8) is 0 Å². The first kappa shape index (κ1) is 31.8. The van der Waals surface area contributed by atoms with Gasteiger partial charge in [0.15, 0.2) is 0 Å². The summed E-state index contributed by atoms with van der Waals surface area (Å²) in [6, 6.07) is 9.15. The molecule has 0 saturated carbocycles. The number of benzene rings is 1. The maximum Gasteiger partial charge on any atom is 0.126 e. The lowest BCUT2D eigenvalue weighted by atomic mass is 9.94. The summed E-state index contributed by atoms with van der Waals surface area (Å²) in [6.45, 7) is 24.1. The summed E-state index contributed by atoms with van der Waals surface area (Å²) in [4.78, 5) is 6.37. The van der Waals surface area contributed by atoms with Gasteiger partial charge in [-0.15, -0.1) is 0 Å². The highest BCUT2D eigenvalue weighted by Gasteiger charge is 2.29. The fraction of sp³-hybridized carbons (Fsp3) is 0.594. The van der Waals surface area contributed by atoms with E-state index >= 15 is 4.39 Å². The molecule has 0 aromatic heterocycles. The molecule has 1 aromatic rings. The van der Waals surface area contributed by atoms with Crippen LogP contribution >= 0.6 is 0 Å². The predicted octanol–water partition coefficient (Wildman–Crippen LogP) is 8.56. The van der Waals surface area contributed by atoms with Crippen molar-refractivity contribution in [3.8, 4) is 0 Å². The van der Waals surface area contributed by atoms with Crippen LogP contribution in [0.5, 0.6) is 0 Å². The third-order valence-electron chi connectivity index (χ3n) is 6.26. The van der Waals surface area contributed by atoms with E-state index in [0.717, 1.165) is 62.2 Å². The van der Waals surface area contributed by atoms with Gasteiger partial charge in [0.1, 0.15) is 5.83 Å². The van der Waals surface area contributed by atoms with Gasteiger partial charge in [0, 0.05) is 36.2 Å². The normalized spacial score (nSPS) is 17.1. The third kappa shape index (κ3) is 10.4. The van der Waals surface area contributed by atoms with E-state index in [1.807, 2.05) is 27.7 Å². The molecule has 1 aliphatic carbocycles. The molecule has 1 saturated heterocycles. The Morgan fingerprint density at radius 3 is 2.11 bits per heavy atom. The van der Waals surface area contributed by atoms with Crippen LogP contribution in [0.3, 0.4) is 0 Å². The molecule has 0 amide bonds. The van der Waals surface area contributed by atoms with Crippen molar-refractivity contribution in [1.82, 2.24) is 10.2 Å². The predicted molar refractivity (Wildman–Crippen MR) is 157 cm³/mol. The molecule has 0 radical (unpaired) electrons. The highest BCUT2D eigenvalue weighted by atomic mass is 19.1. The van der Waals surface area contributed by atoms with E-state index in [1.165, 1.54) is 11.1 Å². The number of hydrogen-bond donors (Lipinski definition) is 1. The lowest BCUT2D eigenvalue weighted by molar-refractivity contribution is 0.212. The van der Waals surface area contributed by atoms with E-state index in [2.05, 4.69) is 93.0 Å². The van der Waals surface area contributed by atoms with E-state index in [4.69, 9.17) is 0 Å². The number of halogens is 1. The van der Waals surface area contributed by atoms with Crippen LogP contribution in [-0.2, 0) is 6.42 Å². The highest BCUT2D eigenvalue weighted by Crippen LogP contribution is 2.35. The van der Waals surface area contributed by atoms with Crippen molar-refractivity contribution in [2.75, 3.05) is 13.1 Å². The molecule has 0 spiro atoms. The number of piperidine rings is 1. The van der Waals surface area contributed by atoms with Crippen LogP contribution in [0.4, 0.5) is 4.39 Å². The first-order chi connectivity index (χ1) is 17.1. The van der Waals surface area contributed by atoms with Crippen LogP contribution in [0, 0.1) is 12.8 Å². The van der Waals surface area contributed by atoms with Gasteiger partial charge < -0.3 is 10.2 Å². The SMILES string of the molecule is C=NC1=CCCC=C1/C(=C(/F)C(C)C)N1CCC(NC(C)(C)C)CC1.CC.CCc1ccc(C)cc1. The first-order valence-corrected chi connectivity index (χ1v) is 13.9. The van der Waals surface area contributed by atoms with E-state index in [0.29, 0.717) is 6.04 Å². The number of nitrogens with zero attached hydrogens (tertiary/aromatic N) is 2. The zero-order valence-electron chi connectivity index (χ0n) is 24.5. The molecule has 1 fully saturated rings. The molecule has 0 unspecified atom stereocenters. The van der Waals surface area contributed by atoms with Gasteiger partial charge >= 0.3 is 0 Å². The van der Waals surface area contributed by atoms with Gasteiger partial charge in [0.2, 0.25) is 0 Å². The molecule has 4 heteroatoms. The molecule has 0 atom stereocenters. The smallest absolute Gasteiger partial charge is 0.126 e. The first-order valence-electron chi connectivity index (χ1n) is 13.9. The third-order valence-corrected chi connectivity index (χ3v) is 6.26. The van der Waals surface area contributed by atoms with Crippen LogP contribution in [-0.4, -0.2) is 36.3 Å². The Bertz CT molecular complexity index is 877. The minimum absolute atomic E-state index is 0.0371. The molecule has 1 aliphatic heterocycles. The summed E-state index contributed by atoms with van der Waals surface area (Å²) in [5, 5.41) is 3.68. The summed E-state index contributed by atoms with van der Waals surface area (Å²) < 4.78 is 15.1. The zero-order chi connectivity index (χ0) is 27.3. The summed E-state index contributed by atoms with van der Waals surface area (Å²) in [6.07, 6.45) is 9.28. The van der Waals surface area contributed by atoms with Crippen molar-refractivity contribution >= 4 is 6.72 Å². The minimum Gasteiger partial charge on any atom is -0.369 e. The molecule has 1 heterocycles. The van der Waals surface area contributed by atoms with Gasteiger partial charge in [0.05, 0.1) is 11.4 Å². The second-order valence-corrected chi connectivity index (χ2v) is 10.8. The molecule has 202 valence electrons. The maximum absolute atomic E-state index is 15.1. The molecule has 1 aromatic carbocycles. The second-order valence-electron chi connectivity index (χ2n) is 10.8. The van der Waals surface area contributed by atoms with Gasteiger partial charge in [0.25, 0.3) is 0 Å². The fourth-order valence-electron chi connectivity index (χ4n) is 4.44. The fourth-order valence-corrected chi connectivity index (χ4v) is 4.44. The van der Waals surface area contributed by atoms with Gasteiger partial charge in [-0.05, 0) is 72.1 Å². The molecular formula is C32H52FN3. The Kier molecular flexibility index (Phi) is 14.0. The Morgan fingerprint density at radius 1 is 1.08 bits per heavy atom. The minimum atomic E-state index is -0.130. The number of hydrogen-bond acceptors (Lipinski definition) is 3. The molecule has 2 aliphatic rings. The summed E-state index contributed by atoms with van der Waals surface area (Å²) in [5.74, 6) is -0.167. The second kappa shape index (κ2) is 15.8. The van der Waals surface area contributed by atoms with E-state index in [-0.39, 0.29) is 17.3 Å². The van der Waals surface area contributed by atoms with Crippen molar-refractivity contribution in [3.05, 3.63) is 70.3 Å². The van der Waals surface area contributed by atoms with Crippen molar-refractivity contribution in [2.24, 2.45) is 10.9 Å². The Morgan fingerprint density at radius 2 is 1.64 bits per heavy atom. The number of aliphatic imine (C=N–C) groups is 1. The number of likely N-dealkylation sites (tertiary alicyclic amines) is 1. The molecular weight excluding hydrogens is 445 g/mol. The van der Waals surface area contributed by atoms with Crippen LogP contribution in [0.15, 0.2) is 64.2 Å². The summed E-state index contributed by atoms with van der Waals surface area (Å²) >= 11 is 0. The summed E-state index contributed by atoms with van der Waals surface area (Å²) in [7, 11) is 0. The molecule has 1 N–H and O–H groups in total. The standard InChI is InChI=1S/C21H34FN3.C9H12.C2H6/c1-15(2)19(22)20(17-9-7-8-10-18(17)23-6)25-13-11-16(12-14-25)24-21(3,4)5;1-3-9-6-4-8(2)5-7-9;1-2/h9-10,15-16,24H,6-8,11-14H2,1-5H3;4-7H,3H2,1-2H3;1-2H3/b20-19-;;. The Hall–Kier alpha value is -2.20. The average Bonchev–Trinajstić information content (AvgIpc) is 2.86. The highest BCUT2D eigenvalue weighted by molar-refractivity contribution is 5.51. The maximum atomic E-state index is 15.1. The van der Waals surface area contributed by atoms with Crippen molar-refractivity contribution in [2.45, 2.75) is 106 Å². The van der Waals surface area contributed by atoms with Gasteiger partial charge in [-0.3, -0.25) is 4.99 Å². The van der Waals surface area contributed by atoms with E-state index < -0.39 is 0 Å². The van der Waals surface area contributed by atoms with Gasteiger partial charge in [-0.2, -0.15) is 0 Å². The lowest BCUT2D eigenvalue weighted by Gasteiger charge is -2.39. The average molecular weight is 498 g/mol. The monoisotopic (exact) mass is 497 g/mol. The number of nitrogens with one attached hydrogen (secondary N) is 1. The van der Waals surface area contributed by atoms with Gasteiger partial charge in [-0.25, -0.2) is 4.39 Å². The van der Waals surface area contributed by atoms with Crippen molar-refractivity contribution < 1.29 is 4.39 Å². The zero-order valence-corrected chi connectivity index (χ0v) is 24.5. The quantitative estimate of drug-likeness (QED) is 0.399. The Balaban J connectivity index is 0.000000491. The van der Waals surface area contributed by atoms with Crippen LogP contribution in [0.2, 0.25) is 0 Å². The largest absolute Gasteiger partial charge is 0.369 e. The van der Waals surface area contributed by atoms with Crippen molar-refractivity contribution in [1.29, 1.82) is 0 Å². The lowest BCUT2D eigenvalue weighted by Crippen LogP contribution is -2.49. The summed E-state index contributed by atoms with van der Waals surface area (Å²) in [5.41, 5.74) is 5.36. The molecule has 3 rings (SSSR count). The topological polar surface area (TPSA) is 27.6 Å². The van der Waals surface area contributed by atoms with E-state index in [1.54, 1.807) is 0 Å².